The first kappa shape index (κ1) is 12.6. The Morgan fingerprint density at radius 2 is 1.93 bits per heavy atom. The molecular weight excluding hydrogens is 204 g/mol. The quantitative estimate of drug-likeness (QED) is 0.644. The van der Waals surface area contributed by atoms with Crippen LogP contribution in [0.4, 0.5) is 0 Å². The minimum absolute atomic E-state index is 0.261. The number of aryl methyl sites for hydroxylation is 2. The van der Waals surface area contributed by atoms with Crippen LogP contribution in [0.1, 0.15) is 49.3 Å². The fourth-order valence-corrected chi connectivity index (χ4v) is 2.41. The first-order chi connectivity index (χ1) is 7.06. The van der Waals surface area contributed by atoms with Crippen LogP contribution < -0.4 is 0 Å². The highest BCUT2D eigenvalue weighted by atomic mass is 35.5. The molecule has 1 aromatic carbocycles. The largest absolute Gasteiger partial charge is 0.122 e. The van der Waals surface area contributed by atoms with E-state index in [2.05, 4.69) is 45.9 Å². The van der Waals surface area contributed by atoms with Gasteiger partial charge in [-0.3, -0.25) is 0 Å². The average Bonchev–Trinajstić information content (AvgIpc) is 2.17. The summed E-state index contributed by atoms with van der Waals surface area (Å²) in [6.45, 7) is 8.72. The van der Waals surface area contributed by atoms with Gasteiger partial charge in [-0.1, -0.05) is 44.0 Å². The molecule has 2 unspecified atom stereocenters. The van der Waals surface area contributed by atoms with Gasteiger partial charge in [0.1, 0.15) is 0 Å². The van der Waals surface area contributed by atoms with E-state index >= 15 is 0 Å². The maximum atomic E-state index is 6.38. The monoisotopic (exact) mass is 224 g/mol. The Morgan fingerprint density at radius 1 is 1.27 bits per heavy atom. The van der Waals surface area contributed by atoms with Crippen molar-refractivity contribution in [2.75, 3.05) is 0 Å². The van der Waals surface area contributed by atoms with Crippen LogP contribution in [-0.2, 0) is 0 Å². The molecule has 0 aromatic heterocycles. The van der Waals surface area contributed by atoms with Gasteiger partial charge in [-0.15, -0.1) is 11.6 Å². The fraction of sp³-hybridized carbons (Fsp3) is 0.571. The van der Waals surface area contributed by atoms with E-state index in [1.54, 1.807) is 0 Å². The molecule has 0 N–H and O–H groups in total. The number of halogens is 1. The van der Waals surface area contributed by atoms with Crippen LogP contribution in [0, 0.1) is 13.8 Å². The van der Waals surface area contributed by atoms with Gasteiger partial charge in [-0.05, 0) is 37.3 Å². The SMILES string of the molecule is CCCC(Cl)C(C)c1ccc(C)cc1C. The van der Waals surface area contributed by atoms with E-state index in [4.69, 9.17) is 11.6 Å². The fourth-order valence-electron chi connectivity index (χ4n) is 2.06. The van der Waals surface area contributed by atoms with Crippen molar-refractivity contribution in [1.29, 1.82) is 0 Å². The molecule has 0 bridgehead atoms. The van der Waals surface area contributed by atoms with Crippen molar-refractivity contribution < 1.29 is 0 Å². The summed E-state index contributed by atoms with van der Waals surface area (Å²) in [5, 5.41) is 0.261. The molecule has 1 rings (SSSR count). The third-order valence-electron chi connectivity index (χ3n) is 3.02. The Kier molecular flexibility index (Phi) is 4.66. The molecule has 15 heavy (non-hydrogen) atoms. The van der Waals surface area contributed by atoms with Crippen LogP contribution in [0.5, 0.6) is 0 Å². The third kappa shape index (κ3) is 3.24. The molecule has 0 nitrogen and oxygen atoms in total. The zero-order valence-electron chi connectivity index (χ0n) is 10.2. The van der Waals surface area contributed by atoms with Gasteiger partial charge in [-0.2, -0.15) is 0 Å². The minimum Gasteiger partial charge on any atom is -0.122 e. The third-order valence-corrected chi connectivity index (χ3v) is 3.62. The Labute approximate surface area is 98.7 Å². The lowest BCUT2D eigenvalue weighted by Crippen LogP contribution is -2.10. The molecule has 1 aromatic rings. The number of benzene rings is 1. The van der Waals surface area contributed by atoms with E-state index < -0.39 is 0 Å². The molecule has 0 radical (unpaired) electrons. The minimum atomic E-state index is 0.261. The lowest BCUT2D eigenvalue weighted by atomic mass is 9.91. The molecule has 1 heteroatoms. The Balaban J connectivity index is 2.86. The number of hydrogen-bond acceptors (Lipinski definition) is 0. The molecule has 2 atom stereocenters. The standard InChI is InChI=1S/C14H21Cl/c1-5-6-14(15)12(4)13-8-7-10(2)9-11(13)3/h7-9,12,14H,5-6H2,1-4H3. The van der Waals surface area contributed by atoms with Crippen molar-refractivity contribution >= 4 is 11.6 Å². The van der Waals surface area contributed by atoms with Crippen LogP contribution in [0.3, 0.4) is 0 Å². The molecule has 0 heterocycles. The Bertz CT molecular complexity index is 317. The van der Waals surface area contributed by atoms with Crippen LogP contribution in [-0.4, -0.2) is 5.38 Å². The van der Waals surface area contributed by atoms with E-state index in [1.807, 2.05) is 0 Å². The summed E-state index contributed by atoms with van der Waals surface area (Å²) in [6, 6.07) is 6.64. The molecule has 0 amide bonds. The molecule has 0 aliphatic carbocycles. The van der Waals surface area contributed by atoms with Gasteiger partial charge in [0.25, 0.3) is 0 Å². The zero-order valence-corrected chi connectivity index (χ0v) is 10.9. The van der Waals surface area contributed by atoms with Gasteiger partial charge in [-0.25, -0.2) is 0 Å². The number of hydrogen-bond donors (Lipinski definition) is 0. The summed E-state index contributed by atoms with van der Waals surface area (Å²) >= 11 is 6.38. The highest BCUT2D eigenvalue weighted by Gasteiger charge is 2.16. The molecular formula is C14H21Cl. The van der Waals surface area contributed by atoms with Crippen molar-refractivity contribution in [3.63, 3.8) is 0 Å². The predicted octanol–water partition coefficient (Wildman–Crippen LogP) is 4.81. The summed E-state index contributed by atoms with van der Waals surface area (Å²) in [5.74, 6) is 0.451. The van der Waals surface area contributed by atoms with Crippen LogP contribution in [0.25, 0.3) is 0 Å². The number of rotatable bonds is 4. The predicted molar refractivity (Wildman–Crippen MR) is 68.9 cm³/mol. The van der Waals surface area contributed by atoms with Crippen molar-refractivity contribution in [1.82, 2.24) is 0 Å². The van der Waals surface area contributed by atoms with E-state index in [-0.39, 0.29) is 5.38 Å². The second-order valence-corrected chi connectivity index (χ2v) is 5.01. The molecule has 0 aliphatic heterocycles. The van der Waals surface area contributed by atoms with E-state index in [0.717, 1.165) is 12.8 Å². The van der Waals surface area contributed by atoms with Crippen LogP contribution in [0.2, 0.25) is 0 Å². The van der Waals surface area contributed by atoms with Crippen LogP contribution in [0.15, 0.2) is 18.2 Å². The van der Waals surface area contributed by atoms with E-state index in [0.29, 0.717) is 5.92 Å². The smallest absolute Gasteiger partial charge is 0.0401 e. The summed E-state index contributed by atoms with van der Waals surface area (Å²) in [5.41, 5.74) is 4.09. The van der Waals surface area contributed by atoms with E-state index in [1.165, 1.54) is 16.7 Å². The highest BCUT2D eigenvalue weighted by Crippen LogP contribution is 2.29. The molecule has 0 saturated carbocycles. The summed E-state index contributed by atoms with van der Waals surface area (Å²) < 4.78 is 0. The van der Waals surface area contributed by atoms with Gasteiger partial charge in [0.05, 0.1) is 0 Å². The van der Waals surface area contributed by atoms with E-state index in [9.17, 15) is 0 Å². The molecule has 84 valence electrons. The average molecular weight is 225 g/mol. The van der Waals surface area contributed by atoms with Crippen molar-refractivity contribution in [3.05, 3.63) is 34.9 Å². The van der Waals surface area contributed by atoms with Gasteiger partial charge < -0.3 is 0 Å². The maximum Gasteiger partial charge on any atom is 0.0401 e. The molecule has 0 fully saturated rings. The van der Waals surface area contributed by atoms with Crippen LogP contribution >= 0.6 is 11.6 Å². The summed E-state index contributed by atoms with van der Waals surface area (Å²) in [6.07, 6.45) is 2.25. The van der Waals surface area contributed by atoms with Gasteiger partial charge >= 0.3 is 0 Å². The molecule has 0 spiro atoms. The maximum absolute atomic E-state index is 6.38. The van der Waals surface area contributed by atoms with Crippen molar-refractivity contribution in [3.8, 4) is 0 Å². The summed E-state index contributed by atoms with van der Waals surface area (Å²) in [4.78, 5) is 0. The second kappa shape index (κ2) is 5.55. The van der Waals surface area contributed by atoms with Gasteiger partial charge in [0.15, 0.2) is 0 Å². The second-order valence-electron chi connectivity index (χ2n) is 4.45. The lowest BCUT2D eigenvalue weighted by Gasteiger charge is -2.20. The molecule has 0 saturated heterocycles. The topological polar surface area (TPSA) is 0 Å². The normalized spacial score (nSPS) is 15.0. The number of alkyl halides is 1. The first-order valence-corrected chi connectivity index (χ1v) is 6.21. The van der Waals surface area contributed by atoms with Gasteiger partial charge in [0.2, 0.25) is 0 Å². The van der Waals surface area contributed by atoms with Gasteiger partial charge in [0, 0.05) is 5.38 Å². The van der Waals surface area contributed by atoms with Crippen molar-refractivity contribution in [2.45, 2.75) is 51.8 Å². The zero-order chi connectivity index (χ0) is 11.4. The Morgan fingerprint density at radius 3 is 2.47 bits per heavy atom. The molecule has 0 aliphatic rings. The lowest BCUT2D eigenvalue weighted by molar-refractivity contribution is 0.631. The highest BCUT2D eigenvalue weighted by molar-refractivity contribution is 6.21. The summed E-state index contributed by atoms with van der Waals surface area (Å²) in [7, 11) is 0. The van der Waals surface area contributed by atoms with Crippen molar-refractivity contribution in [2.24, 2.45) is 0 Å². The first-order valence-electron chi connectivity index (χ1n) is 5.77. The Hall–Kier alpha value is -0.490.